The molecule has 0 bridgehead atoms. The van der Waals surface area contributed by atoms with Gasteiger partial charge < -0.3 is 9.32 Å². The summed E-state index contributed by atoms with van der Waals surface area (Å²) in [6.45, 7) is 3.42. The first-order valence-corrected chi connectivity index (χ1v) is 7.11. The molecule has 2 aromatic heterocycles. The maximum Gasteiger partial charge on any atom is 0.267 e. The van der Waals surface area contributed by atoms with Crippen molar-refractivity contribution in [2.24, 2.45) is 0 Å². The lowest BCUT2D eigenvalue weighted by Gasteiger charge is -2.17. The van der Waals surface area contributed by atoms with Gasteiger partial charge in [0.25, 0.3) is 5.56 Å². The minimum atomic E-state index is -0.298. The monoisotopic (exact) mass is 312 g/mol. The average molecular weight is 312 g/mol. The van der Waals surface area contributed by atoms with E-state index in [1.54, 1.807) is 45.3 Å². The Morgan fingerprint density at radius 2 is 2.09 bits per heavy atom. The third-order valence-electron chi connectivity index (χ3n) is 3.53. The van der Waals surface area contributed by atoms with Crippen LogP contribution in [0.5, 0.6) is 0 Å². The maximum atomic E-state index is 12.4. The summed E-state index contributed by atoms with van der Waals surface area (Å²) in [7, 11) is 1.64. The van der Waals surface area contributed by atoms with Gasteiger partial charge in [-0.2, -0.15) is 5.10 Å². The van der Waals surface area contributed by atoms with Crippen LogP contribution < -0.4 is 10.5 Å². The Morgan fingerprint density at radius 3 is 2.83 bits per heavy atom. The summed E-state index contributed by atoms with van der Waals surface area (Å²) in [6, 6.07) is 6.77. The first kappa shape index (κ1) is 15.0. The van der Waals surface area contributed by atoms with Gasteiger partial charge in [-0.1, -0.05) is 0 Å². The molecule has 118 valence electrons. The number of carbonyl (C=O) groups excluding carboxylic acids is 1. The summed E-state index contributed by atoms with van der Waals surface area (Å²) in [5.74, 6) is 0.320. The van der Waals surface area contributed by atoms with Crippen molar-refractivity contribution in [1.29, 1.82) is 0 Å². The van der Waals surface area contributed by atoms with E-state index in [-0.39, 0.29) is 18.0 Å². The van der Waals surface area contributed by atoms with E-state index in [9.17, 15) is 9.59 Å². The standard InChI is InChI=1S/C16H16N4O3/c1-10-6-15(21)20(17-8-10)9-16(22)19(3)12-4-5-13-14(7-12)23-11(2)18-13/h4-8H,9H2,1-3H3. The minimum absolute atomic E-state index is 0.122. The molecule has 3 rings (SSSR count). The van der Waals surface area contributed by atoms with E-state index in [0.717, 1.165) is 15.8 Å². The molecule has 2 heterocycles. The molecule has 0 saturated carbocycles. The van der Waals surface area contributed by atoms with Gasteiger partial charge in [0.1, 0.15) is 12.1 Å². The molecule has 0 radical (unpaired) electrons. The summed E-state index contributed by atoms with van der Waals surface area (Å²) in [5.41, 5.74) is 2.49. The number of carbonyl (C=O) groups is 1. The van der Waals surface area contributed by atoms with Gasteiger partial charge in [-0.3, -0.25) is 9.59 Å². The van der Waals surface area contributed by atoms with Crippen LogP contribution in [-0.2, 0) is 11.3 Å². The van der Waals surface area contributed by atoms with E-state index in [4.69, 9.17) is 4.42 Å². The van der Waals surface area contributed by atoms with Crippen molar-refractivity contribution in [2.45, 2.75) is 20.4 Å². The Balaban J connectivity index is 1.84. The first-order chi connectivity index (χ1) is 10.9. The highest BCUT2D eigenvalue weighted by Gasteiger charge is 2.14. The fourth-order valence-corrected chi connectivity index (χ4v) is 2.26. The SMILES string of the molecule is Cc1cnn(CC(=O)N(C)c2ccc3nc(C)oc3c2)c(=O)c1. The Labute approximate surface area is 132 Å². The Hall–Kier alpha value is -2.96. The number of likely N-dealkylation sites (N-methyl/N-ethyl adjacent to an activating group) is 1. The fraction of sp³-hybridized carbons (Fsp3) is 0.250. The minimum Gasteiger partial charge on any atom is -0.441 e. The highest BCUT2D eigenvalue weighted by Crippen LogP contribution is 2.22. The fourth-order valence-electron chi connectivity index (χ4n) is 2.26. The van der Waals surface area contributed by atoms with Crippen LogP contribution >= 0.6 is 0 Å². The van der Waals surface area contributed by atoms with Crippen LogP contribution in [0.1, 0.15) is 11.5 Å². The largest absolute Gasteiger partial charge is 0.441 e. The van der Waals surface area contributed by atoms with Gasteiger partial charge in [-0.25, -0.2) is 9.67 Å². The highest BCUT2D eigenvalue weighted by molar-refractivity contribution is 5.94. The molecule has 7 heteroatoms. The lowest BCUT2D eigenvalue weighted by Crippen LogP contribution is -2.34. The van der Waals surface area contributed by atoms with Gasteiger partial charge in [-0.05, 0) is 24.6 Å². The van der Waals surface area contributed by atoms with Crippen LogP contribution in [0, 0.1) is 13.8 Å². The highest BCUT2D eigenvalue weighted by atomic mass is 16.3. The van der Waals surface area contributed by atoms with E-state index in [2.05, 4.69) is 10.1 Å². The maximum absolute atomic E-state index is 12.4. The van der Waals surface area contributed by atoms with E-state index in [1.165, 1.54) is 11.0 Å². The van der Waals surface area contributed by atoms with Crippen LogP contribution in [0.15, 0.2) is 39.7 Å². The molecular formula is C16H16N4O3. The second-order valence-electron chi connectivity index (χ2n) is 5.37. The number of oxazole rings is 1. The quantitative estimate of drug-likeness (QED) is 0.734. The number of fused-ring (bicyclic) bond motifs is 1. The van der Waals surface area contributed by atoms with E-state index >= 15 is 0 Å². The van der Waals surface area contributed by atoms with Crippen LogP contribution in [0.2, 0.25) is 0 Å². The summed E-state index contributed by atoms with van der Waals surface area (Å²) in [5, 5.41) is 3.98. The van der Waals surface area contributed by atoms with Gasteiger partial charge >= 0.3 is 0 Å². The second-order valence-corrected chi connectivity index (χ2v) is 5.37. The molecule has 23 heavy (non-hydrogen) atoms. The number of hydrogen-bond acceptors (Lipinski definition) is 5. The van der Waals surface area contributed by atoms with Crippen LogP contribution in [0.3, 0.4) is 0 Å². The lowest BCUT2D eigenvalue weighted by molar-refractivity contribution is -0.119. The summed E-state index contributed by atoms with van der Waals surface area (Å²) < 4.78 is 6.61. The molecule has 1 amide bonds. The molecular weight excluding hydrogens is 296 g/mol. The third kappa shape index (κ3) is 2.98. The smallest absolute Gasteiger partial charge is 0.267 e. The number of rotatable bonds is 3. The number of aromatic nitrogens is 3. The van der Waals surface area contributed by atoms with Crippen molar-refractivity contribution >= 4 is 22.7 Å². The number of aryl methyl sites for hydroxylation is 2. The first-order valence-electron chi connectivity index (χ1n) is 7.11. The summed E-state index contributed by atoms with van der Waals surface area (Å²) in [6.07, 6.45) is 1.55. The molecule has 0 aliphatic rings. The number of benzene rings is 1. The lowest BCUT2D eigenvalue weighted by atomic mass is 10.2. The van der Waals surface area contributed by atoms with Gasteiger partial charge in [-0.15, -0.1) is 0 Å². The molecule has 3 aromatic rings. The number of hydrogen-bond donors (Lipinski definition) is 0. The molecule has 0 atom stereocenters. The van der Waals surface area contributed by atoms with E-state index < -0.39 is 0 Å². The zero-order valence-electron chi connectivity index (χ0n) is 13.1. The Bertz CT molecular complexity index is 942. The van der Waals surface area contributed by atoms with Crippen molar-refractivity contribution in [3.63, 3.8) is 0 Å². The molecule has 0 aliphatic heterocycles. The summed E-state index contributed by atoms with van der Waals surface area (Å²) in [4.78, 5) is 29.9. The molecule has 0 aliphatic carbocycles. The molecule has 0 fully saturated rings. The second kappa shape index (κ2) is 5.68. The molecule has 7 nitrogen and oxygen atoms in total. The van der Waals surface area contributed by atoms with Crippen molar-refractivity contribution in [2.75, 3.05) is 11.9 Å². The zero-order chi connectivity index (χ0) is 16.6. The molecule has 0 spiro atoms. The topological polar surface area (TPSA) is 81.2 Å². The van der Waals surface area contributed by atoms with Gasteiger partial charge in [0.15, 0.2) is 11.5 Å². The van der Waals surface area contributed by atoms with Crippen molar-refractivity contribution < 1.29 is 9.21 Å². The van der Waals surface area contributed by atoms with Crippen molar-refractivity contribution in [3.05, 3.63) is 52.3 Å². The normalized spacial score (nSPS) is 10.9. The van der Waals surface area contributed by atoms with Crippen LogP contribution in [0.25, 0.3) is 11.1 Å². The molecule has 0 N–H and O–H groups in total. The van der Waals surface area contributed by atoms with E-state index in [0.29, 0.717) is 17.2 Å². The predicted octanol–water partition coefficient (Wildman–Crippen LogP) is 1.66. The number of nitrogens with zero attached hydrogens (tertiary/aromatic N) is 4. The zero-order valence-corrected chi connectivity index (χ0v) is 13.1. The van der Waals surface area contributed by atoms with Crippen molar-refractivity contribution in [3.8, 4) is 0 Å². The molecule has 0 unspecified atom stereocenters. The molecule has 1 aromatic carbocycles. The average Bonchev–Trinajstić information content (AvgIpc) is 2.88. The van der Waals surface area contributed by atoms with E-state index in [1.807, 2.05) is 0 Å². The number of amides is 1. The third-order valence-corrected chi connectivity index (χ3v) is 3.53. The van der Waals surface area contributed by atoms with Crippen LogP contribution in [0.4, 0.5) is 5.69 Å². The number of anilines is 1. The Morgan fingerprint density at radius 1 is 1.30 bits per heavy atom. The molecule has 0 saturated heterocycles. The van der Waals surface area contributed by atoms with Gasteiger partial charge in [0.05, 0.1) is 6.20 Å². The Kier molecular flexibility index (Phi) is 3.69. The van der Waals surface area contributed by atoms with Gasteiger partial charge in [0, 0.05) is 31.8 Å². The summed E-state index contributed by atoms with van der Waals surface area (Å²) >= 11 is 0. The van der Waals surface area contributed by atoms with Crippen molar-refractivity contribution in [1.82, 2.24) is 14.8 Å². The van der Waals surface area contributed by atoms with Gasteiger partial charge in [0.2, 0.25) is 5.91 Å². The van der Waals surface area contributed by atoms with Crippen LogP contribution in [-0.4, -0.2) is 27.7 Å². The predicted molar refractivity (Wildman–Crippen MR) is 85.4 cm³/mol.